The van der Waals surface area contributed by atoms with E-state index in [1.54, 1.807) is 13.0 Å². The summed E-state index contributed by atoms with van der Waals surface area (Å²) in [6.07, 6.45) is 3.13. The Hall–Kier alpha value is -1.16. The van der Waals surface area contributed by atoms with Gasteiger partial charge in [-0.25, -0.2) is 0 Å². The number of rotatable bonds is 4. The molecule has 1 aromatic heterocycles. The summed E-state index contributed by atoms with van der Waals surface area (Å²) in [6.45, 7) is 3.87. The van der Waals surface area contributed by atoms with Gasteiger partial charge < -0.3 is 0 Å². The van der Waals surface area contributed by atoms with E-state index in [-0.39, 0.29) is 5.56 Å². The van der Waals surface area contributed by atoms with Crippen LogP contribution in [0, 0.1) is 25.5 Å². The number of hydrogen-bond acceptors (Lipinski definition) is 0. The van der Waals surface area contributed by atoms with Crippen molar-refractivity contribution in [1.82, 2.24) is 0 Å². The van der Waals surface area contributed by atoms with E-state index >= 15 is 0 Å². The number of aryl methyl sites for hydroxylation is 3. The number of pyridine rings is 1. The molecule has 0 N–H and O–H groups in total. The minimum absolute atomic E-state index is 0.0487. The molecule has 1 nitrogen and oxygen atoms in total. The van der Waals surface area contributed by atoms with E-state index in [2.05, 4.69) is 43.4 Å². The summed E-state index contributed by atoms with van der Waals surface area (Å²) in [7, 11) is 1.95. The molecule has 0 saturated heterocycles. The molecule has 0 atom stereocenters. The van der Waals surface area contributed by atoms with Gasteiger partial charge in [-0.05, 0) is 0 Å². The molecule has 0 aliphatic carbocycles. The second-order valence-electron chi connectivity index (χ2n) is 8.21. The van der Waals surface area contributed by atoms with Crippen LogP contribution in [0.2, 0.25) is 17.3 Å². The fourth-order valence-corrected chi connectivity index (χ4v) is 6.90. The quantitative estimate of drug-likeness (QED) is 0.526. The first-order chi connectivity index (χ1) is 12.2. The second kappa shape index (κ2) is 6.99. The zero-order chi connectivity index (χ0) is 20.7. The van der Waals surface area contributed by atoms with Crippen LogP contribution in [-0.4, -0.2) is 13.3 Å². The third-order valence-corrected chi connectivity index (χ3v) is 8.67. The number of nitrogens with zero attached hydrogens (tertiary/aromatic N) is 1. The van der Waals surface area contributed by atoms with Crippen molar-refractivity contribution in [2.75, 3.05) is 0 Å². The normalized spacial score (nSPS) is 14.5. The zero-order valence-corrected chi connectivity index (χ0v) is 18.0. The first-order valence-electron chi connectivity index (χ1n) is 10.1. The molecule has 0 spiro atoms. The van der Waals surface area contributed by atoms with Gasteiger partial charge in [0.2, 0.25) is 0 Å². The van der Waals surface area contributed by atoms with Gasteiger partial charge >= 0.3 is 153 Å². The molecule has 0 saturated carbocycles. The fraction of sp³-hybridized carbons (Fsp3) is 0.476. The minimum atomic E-state index is -2.31. The van der Waals surface area contributed by atoms with Crippen LogP contribution < -0.4 is 8.96 Å². The van der Waals surface area contributed by atoms with Crippen molar-refractivity contribution in [3.05, 3.63) is 46.9 Å². The molecule has 24 heavy (non-hydrogen) atoms. The van der Waals surface area contributed by atoms with Crippen molar-refractivity contribution < 1.29 is 13.1 Å². The van der Waals surface area contributed by atoms with Crippen molar-refractivity contribution in [2.45, 2.75) is 51.3 Å². The first kappa shape index (κ1) is 15.1. The Kier molecular flexibility index (Phi) is 4.41. The molecule has 1 aromatic carbocycles. The molecule has 0 unspecified atom stereocenters. The average molecular weight is 392 g/mol. The van der Waals surface area contributed by atoms with Crippen LogP contribution in [0.15, 0.2) is 24.4 Å². The van der Waals surface area contributed by atoms with Crippen LogP contribution in [0.25, 0.3) is 11.3 Å². The van der Waals surface area contributed by atoms with Crippen LogP contribution in [0.1, 0.15) is 34.7 Å². The third kappa shape index (κ3) is 4.08. The van der Waals surface area contributed by atoms with E-state index in [9.17, 15) is 4.39 Å². The Labute approximate surface area is 153 Å². The molecular weight excluding hydrogens is 358 g/mol. The Balaban J connectivity index is 2.73. The van der Waals surface area contributed by atoms with Crippen LogP contribution in [0.4, 0.5) is 4.39 Å². The first-order valence-corrected chi connectivity index (χ1v) is 15.9. The second-order valence-corrected chi connectivity index (χ2v) is 18.8. The van der Waals surface area contributed by atoms with E-state index in [1.807, 2.05) is 11.6 Å². The van der Waals surface area contributed by atoms with Gasteiger partial charge in [0.15, 0.2) is 0 Å². The Bertz CT molecular complexity index is 829. The van der Waals surface area contributed by atoms with Crippen molar-refractivity contribution in [2.24, 2.45) is 13.0 Å². The Morgan fingerprint density at radius 3 is 2.38 bits per heavy atom. The van der Waals surface area contributed by atoms with Crippen molar-refractivity contribution in [1.29, 1.82) is 0 Å². The van der Waals surface area contributed by atoms with Gasteiger partial charge in [0.05, 0.1) is 0 Å². The molecule has 0 fully saturated rings. The van der Waals surface area contributed by atoms with Gasteiger partial charge in [0, 0.05) is 0 Å². The molecule has 0 aliphatic heterocycles. The zero-order valence-electron chi connectivity index (χ0n) is 18.9. The van der Waals surface area contributed by atoms with Crippen molar-refractivity contribution in [3.8, 4) is 11.3 Å². The van der Waals surface area contributed by atoms with Crippen LogP contribution in [0.5, 0.6) is 0 Å². The summed E-state index contributed by atoms with van der Waals surface area (Å²) >= 11 is -2.09. The van der Waals surface area contributed by atoms with Gasteiger partial charge in [-0.2, -0.15) is 0 Å². The summed E-state index contributed by atoms with van der Waals surface area (Å²) < 4.78 is 41.1. The number of hydrogen-bond donors (Lipinski definition) is 0. The number of halogens is 1. The molecular formula is C21H31FGeN+. The summed E-state index contributed by atoms with van der Waals surface area (Å²) in [6, 6.07) is 4.86. The average Bonchev–Trinajstić information content (AvgIpc) is 2.46. The maximum absolute atomic E-state index is 15.0. The van der Waals surface area contributed by atoms with Gasteiger partial charge in [-0.15, -0.1) is 0 Å². The number of aromatic nitrogens is 1. The Morgan fingerprint density at radius 1 is 1.21 bits per heavy atom. The SMILES string of the molecule is [2H]C([2H])([2H])c1cc(C)c(-c2cc(CC(C)C)[c]([Ge]([CH3])([CH3])[CH3])c[n+]2C)c(F)c1. The van der Waals surface area contributed by atoms with Gasteiger partial charge in [0.25, 0.3) is 0 Å². The third-order valence-electron chi connectivity index (χ3n) is 4.34. The summed E-state index contributed by atoms with van der Waals surface area (Å²) in [5, 5.41) is 0. The monoisotopic (exact) mass is 393 g/mol. The molecule has 2 rings (SSSR count). The molecule has 3 heteroatoms. The molecule has 0 aliphatic rings. The number of benzene rings is 1. The predicted octanol–water partition coefficient (Wildman–Crippen LogP) is 4.68. The Morgan fingerprint density at radius 2 is 1.88 bits per heavy atom. The standard InChI is InChI=1S/C21H31FGeN/c1-14(2)9-17-12-20(24(8)13-19(17)23(5,6)7)21-16(4)10-15(3)11-18(21)22/h10-14H,9H2,1-8H3/q+1/i3D3. The van der Waals surface area contributed by atoms with Gasteiger partial charge in [-0.3, -0.25) is 0 Å². The van der Waals surface area contributed by atoms with Crippen LogP contribution in [0.3, 0.4) is 0 Å². The molecule has 1 heterocycles. The summed E-state index contributed by atoms with van der Waals surface area (Å²) in [5.74, 6) is 7.15. The fourth-order valence-electron chi connectivity index (χ4n) is 3.29. The van der Waals surface area contributed by atoms with E-state index in [0.717, 1.165) is 18.2 Å². The summed E-state index contributed by atoms with van der Waals surface area (Å²) in [4.78, 5) is 0. The molecule has 130 valence electrons. The van der Waals surface area contributed by atoms with Crippen molar-refractivity contribution in [3.63, 3.8) is 0 Å². The van der Waals surface area contributed by atoms with E-state index in [1.165, 1.54) is 9.96 Å². The van der Waals surface area contributed by atoms with Crippen LogP contribution in [-0.2, 0) is 13.5 Å². The van der Waals surface area contributed by atoms with E-state index in [4.69, 9.17) is 4.11 Å². The van der Waals surface area contributed by atoms with E-state index in [0.29, 0.717) is 17.0 Å². The molecule has 0 bridgehead atoms. The molecule has 0 radical (unpaired) electrons. The molecule has 2 aromatic rings. The van der Waals surface area contributed by atoms with Crippen molar-refractivity contribution >= 4 is 17.7 Å². The topological polar surface area (TPSA) is 3.88 Å². The van der Waals surface area contributed by atoms with E-state index < -0.39 is 25.9 Å². The molecule has 0 amide bonds. The van der Waals surface area contributed by atoms with Crippen LogP contribution >= 0.6 is 0 Å². The summed E-state index contributed by atoms with van der Waals surface area (Å²) in [5.41, 5.74) is 3.28. The van der Waals surface area contributed by atoms with Gasteiger partial charge in [0.1, 0.15) is 0 Å². The predicted molar refractivity (Wildman–Crippen MR) is 104 cm³/mol. The van der Waals surface area contributed by atoms with Gasteiger partial charge in [-0.1, -0.05) is 0 Å². The maximum atomic E-state index is 15.0.